The first-order chi connectivity index (χ1) is 8.36. The molecule has 3 heteroatoms. The van der Waals surface area contributed by atoms with E-state index in [0.29, 0.717) is 18.7 Å². The Morgan fingerprint density at radius 3 is 2.82 bits per heavy atom. The van der Waals surface area contributed by atoms with Crippen molar-refractivity contribution in [2.45, 2.75) is 13.3 Å². The molecule has 0 fully saturated rings. The molecule has 1 heterocycles. The highest BCUT2D eigenvalue weighted by Crippen LogP contribution is 2.32. The second kappa shape index (κ2) is 5.34. The molecule has 0 radical (unpaired) electrons. The number of hydrogen-bond donors (Lipinski definition) is 0. The lowest BCUT2D eigenvalue weighted by molar-refractivity contribution is 0.110. The third kappa shape index (κ3) is 2.38. The molecule has 0 aliphatic carbocycles. The highest BCUT2D eigenvalue weighted by molar-refractivity contribution is 5.86. The topological polar surface area (TPSA) is 39.4 Å². The molecule has 1 aromatic heterocycles. The van der Waals surface area contributed by atoms with E-state index < -0.39 is 0 Å². The fourth-order valence-electron chi connectivity index (χ4n) is 1.66. The maximum absolute atomic E-state index is 10.9. The predicted octanol–water partition coefficient (Wildman–Crippen LogP) is 3.55. The molecule has 0 saturated carbocycles. The van der Waals surface area contributed by atoms with E-state index in [1.165, 1.54) is 6.26 Å². The third-order valence-corrected chi connectivity index (χ3v) is 2.44. The fraction of sp³-hybridized carbons (Fsp3) is 0.214. The number of ether oxygens (including phenoxy) is 1. The molecule has 2 aromatic rings. The first-order valence-electron chi connectivity index (χ1n) is 5.61. The van der Waals surface area contributed by atoms with E-state index in [0.717, 1.165) is 23.3 Å². The van der Waals surface area contributed by atoms with Crippen LogP contribution in [0.2, 0.25) is 0 Å². The molecule has 2 rings (SSSR count). The van der Waals surface area contributed by atoms with Crippen molar-refractivity contribution in [2.24, 2.45) is 0 Å². The molecule has 0 aliphatic rings. The summed E-state index contributed by atoms with van der Waals surface area (Å²) in [5.41, 5.74) is 1.66. The first kappa shape index (κ1) is 11.5. The number of hydrogen-bond acceptors (Lipinski definition) is 3. The zero-order valence-corrected chi connectivity index (χ0v) is 9.68. The molecule has 0 amide bonds. The number of carbonyl (C=O) groups excluding carboxylic acids is 1. The lowest BCUT2D eigenvalue weighted by Crippen LogP contribution is -1.97. The summed E-state index contributed by atoms with van der Waals surface area (Å²) < 4.78 is 10.8. The zero-order chi connectivity index (χ0) is 12.1. The summed E-state index contributed by atoms with van der Waals surface area (Å²) >= 11 is 0. The van der Waals surface area contributed by atoms with Crippen LogP contribution in [0.1, 0.15) is 23.9 Å². The number of para-hydroxylation sites is 1. The lowest BCUT2D eigenvalue weighted by atomic mass is 10.1. The molecule has 0 N–H and O–H groups in total. The number of aldehydes is 1. The number of furan rings is 1. The summed E-state index contributed by atoms with van der Waals surface area (Å²) in [6, 6.07) is 9.41. The molecule has 0 spiro atoms. The minimum Gasteiger partial charge on any atom is -0.493 e. The van der Waals surface area contributed by atoms with Crippen LogP contribution in [0, 0.1) is 0 Å². The molecule has 0 saturated heterocycles. The second-order valence-electron chi connectivity index (χ2n) is 3.66. The third-order valence-electron chi connectivity index (χ3n) is 2.44. The van der Waals surface area contributed by atoms with Gasteiger partial charge in [0.25, 0.3) is 0 Å². The largest absolute Gasteiger partial charge is 0.493 e. The molecule has 17 heavy (non-hydrogen) atoms. The van der Waals surface area contributed by atoms with Gasteiger partial charge in [0.05, 0.1) is 12.9 Å². The fourth-order valence-corrected chi connectivity index (χ4v) is 1.66. The Balaban J connectivity index is 2.40. The Morgan fingerprint density at radius 2 is 2.06 bits per heavy atom. The molecule has 0 aliphatic heterocycles. The number of rotatable bonds is 5. The normalized spacial score (nSPS) is 10.2. The Bertz CT molecular complexity index is 500. The van der Waals surface area contributed by atoms with Crippen molar-refractivity contribution >= 4 is 6.29 Å². The van der Waals surface area contributed by atoms with Gasteiger partial charge in [-0.3, -0.25) is 4.79 Å². The monoisotopic (exact) mass is 230 g/mol. The van der Waals surface area contributed by atoms with Gasteiger partial charge >= 0.3 is 0 Å². The van der Waals surface area contributed by atoms with Gasteiger partial charge in [0, 0.05) is 11.1 Å². The van der Waals surface area contributed by atoms with Crippen molar-refractivity contribution in [1.29, 1.82) is 0 Å². The van der Waals surface area contributed by atoms with Gasteiger partial charge in [0.2, 0.25) is 0 Å². The summed E-state index contributed by atoms with van der Waals surface area (Å²) in [7, 11) is 0. The zero-order valence-electron chi connectivity index (χ0n) is 9.68. The van der Waals surface area contributed by atoms with Crippen molar-refractivity contribution < 1.29 is 13.9 Å². The van der Waals surface area contributed by atoms with E-state index in [2.05, 4.69) is 6.92 Å². The molecule has 0 unspecified atom stereocenters. The van der Waals surface area contributed by atoms with Gasteiger partial charge in [0.1, 0.15) is 5.75 Å². The van der Waals surface area contributed by atoms with Crippen LogP contribution in [0.5, 0.6) is 5.75 Å². The van der Waals surface area contributed by atoms with Crippen LogP contribution in [0.25, 0.3) is 11.1 Å². The molecule has 88 valence electrons. The maximum atomic E-state index is 10.9. The van der Waals surface area contributed by atoms with Crippen molar-refractivity contribution in [3.63, 3.8) is 0 Å². The van der Waals surface area contributed by atoms with E-state index in [9.17, 15) is 4.79 Å². The number of carbonyl (C=O) groups is 1. The van der Waals surface area contributed by atoms with Crippen LogP contribution >= 0.6 is 0 Å². The summed E-state index contributed by atoms with van der Waals surface area (Å²) in [6.07, 6.45) is 3.17. The molecular formula is C14H14O3. The van der Waals surface area contributed by atoms with Gasteiger partial charge in [-0.15, -0.1) is 0 Å². The van der Waals surface area contributed by atoms with Gasteiger partial charge in [-0.05, 0) is 18.6 Å². The van der Waals surface area contributed by atoms with Gasteiger partial charge in [0.15, 0.2) is 12.0 Å². The van der Waals surface area contributed by atoms with Crippen molar-refractivity contribution in [2.75, 3.05) is 6.61 Å². The van der Waals surface area contributed by atoms with Crippen LogP contribution in [0.15, 0.2) is 41.0 Å². The van der Waals surface area contributed by atoms with Crippen LogP contribution in [0.3, 0.4) is 0 Å². The molecular weight excluding hydrogens is 216 g/mol. The Kier molecular flexibility index (Phi) is 3.60. The Morgan fingerprint density at radius 1 is 1.24 bits per heavy atom. The number of benzene rings is 1. The highest BCUT2D eigenvalue weighted by atomic mass is 16.5. The quantitative estimate of drug-likeness (QED) is 0.737. The van der Waals surface area contributed by atoms with Crippen LogP contribution in [-0.4, -0.2) is 12.9 Å². The first-order valence-corrected chi connectivity index (χ1v) is 5.61. The minimum absolute atomic E-state index is 0.331. The molecule has 3 nitrogen and oxygen atoms in total. The Hall–Kier alpha value is -2.03. The van der Waals surface area contributed by atoms with E-state index in [4.69, 9.17) is 9.15 Å². The van der Waals surface area contributed by atoms with Gasteiger partial charge in [-0.2, -0.15) is 0 Å². The average molecular weight is 230 g/mol. The SMILES string of the molecule is CCCOc1ccccc1-c1ccoc1C=O. The van der Waals surface area contributed by atoms with E-state index >= 15 is 0 Å². The van der Waals surface area contributed by atoms with Gasteiger partial charge in [-0.1, -0.05) is 25.1 Å². The predicted molar refractivity (Wildman–Crippen MR) is 65.3 cm³/mol. The minimum atomic E-state index is 0.331. The van der Waals surface area contributed by atoms with E-state index in [-0.39, 0.29) is 0 Å². The molecule has 0 bridgehead atoms. The molecule has 1 aromatic carbocycles. The Labute approximate surface area is 100 Å². The van der Waals surface area contributed by atoms with Gasteiger partial charge in [-0.25, -0.2) is 0 Å². The summed E-state index contributed by atoms with van der Waals surface area (Å²) in [5.74, 6) is 1.11. The summed E-state index contributed by atoms with van der Waals surface area (Å²) in [4.78, 5) is 10.9. The van der Waals surface area contributed by atoms with E-state index in [1.54, 1.807) is 6.07 Å². The average Bonchev–Trinajstić information content (AvgIpc) is 2.84. The maximum Gasteiger partial charge on any atom is 0.185 e. The van der Waals surface area contributed by atoms with Crippen molar-refractivity contribution in [3.05, 3.63) is 42.4 Å². The smallest absolute Gasteiger partial charge is 0.185 e. The van der Waals surface area contributed by atoms with Crippen LogP contribution in [0.4, 0.5) is 0 Å². The summed E-state index contributed by atoms with van der Waals surface area (Å²) in [6.45, 7) is 2.71. The summed E-state index contributed by atoms with van der Waals surface area (Å²) in [5, 5.41) is 0. The lowest BCUT2D eigenvalue weighted by Gasteiger charge is -2.09. The second-order valence-corrected chi connectivity index (χ2v) is 3.66. The molecule has 0 atom stereocenters. The van der Waals surface area contributed by atoms with Crippen molar-refractivity contribution in [1.82, 2.24) is 0 Å². The van der Waals surface area contributed by atoms with Gasteiger partial charge < -0.3 is 9.15 Å². The standard InChI is InChI=1S/C14H14O3/c1-2-8-16-13-6-4-3-5-11(13)12-7-9-17-14(12)10-15/h3-7,9-10H,2,8H2,1H3. The highest BCUT2D eigenvalue weighted by Gasteiger charge is 2.12. The van der Waals surface area contributed by atoms with Crippen LogP contribution in [-0.2, 0) is 0 Å². The van der Waals surface area contributed by atoms with E-state index in [1.807, 2.05) is 24.3 Å². The van der Waals surface area contributed by atoms with Crippen molar-refractivity contribution in [3.8, 4) is 16.9 Å². The van der Waals surface area contributed by atoms with Crippen LogP contribution < -0.4 is 4.74 Å².